The zero-order valence-electron chi connectivity index (χ0n) is 20.8. The van der Waals surface area contributed by atoms with Crippen LogP contribution < -0.4 is 10.6 Å². The molecule has 1 saturated heterocycles. The summed E-state index contributed by atoms with van der Waals surface area (Å²) in [6.07, 6.45) is -1.10. The average Bonchev–Trinajstić information content (AvgIpc) is 2.81. The molecule has 1 fully saturated rings. The number of hydrogen-bond donors (Lipinski definition) is 3. The summed E-state index contributed by atoms with van der Waals surface area (Å²) in [6, 6.07) is 6.10. The number of carbonyl (C=O) groups excluding carboxylic acids is 1. The highest BCUT2D eigenvalue weighted by atomic mass is 35.5. The third-order valence-electron chi connectivity index (χ3n) is 6.84. The SMILES string of the molecule is CNC[C@H](CC(C)C(F)(F)F)NC(=O)N1CCC[C@@H]([C@@](O)(CCCCOC)c2cccc(Cl)c2)C1. The van der Waals surface area contributed by atoms with Crippen molar-refractivity contribution in [1.29, 1.82) is 0 Å². The van der Waals surface area contributed by atoms with Gasteiger partial charge in [0.1, 0.15) is 0 Å². The molecule has 1 unspecified atom stereocenters. The molecule has 1 aromatic carbocycles. The van der Waals surface area contributed by atoms with Crippen molar-refractivity contribution in [2.24, 2.45) is 11.8 Å². The number of amides is 2. The minimum Gasteiger partial charge on any atom is -0.385 e. The van der Waals surface area contributed by atoms with E-state index >= 15 is 0 Å². The van der Waals surface area contributed by atoms with Crippen LogP contribution in [0.15, 0.2) is 24.3 Å². The smallest absolute Gasteiger partial charge is 0.385 e. The number of nitrogens with one attached hydrogen (secondary N) is 2. The van der Waals surface area contributed by atoms with E-state index in [-0.39, 0.29) is 18.9 Å². The third-order valence-corrected chi connectivity index (χ3v) is 7.07. The average molecular weight is 522 g/mol. The first-order valence-electron chi connectivity index (χ1n) is 12.2. The molecule has 200 valence electrons. The van der Waals surface area contributed by atoms with Gasteiger partial charge in [0.2, 0.25) is 0 Å². The van der Waals surface area contributed by atoms with E-state index < -0.39 is 29.8 Å². The predicted molar refractivity (Wildman–Crippen MR) is 131 cm³/mol. The fourth-order valence-electron chi connectivity index (χ4n) is 4.80. The molecule has 1 heterocycles. The van der Waals surface area contributed by atoms with Crippen LogP contribution in [0.1, 0.15) is 51.0 Å². The molecule has 0 aromatic heterocycles. The van der Waals surface area contributed by atoms with E-state index in [0.29, 0.717) is 43.1 Å². The molecule has 6 nitrogen and oxygen atoms in total. The van der Waals surface area contributed by atoms with Crippen LogP contribution in [0.4, 0.5) is 18.0 Å². The van der Waals surface area contributed by atoms with Crippen LogP contribution in [0.3, 0.4) is 0 Å². The standard InChI is InChI=1S/C25H39ClF3N3O3/c1-18(25(27,28)29)14-22(16-30-2)31-23(33)32-12-7-9-20(17-32)24(34,11-4-5-13-35-3)19-8-6-10-21(26)15-19/h6,8,10,15,18,20,22,30,34H,4-5,7,9,11-14,16-17H2,1-3H3,(H,31,33)/t18?,20-,22+,24-/m1/s1. The molecule has 0 aliphatic carbocycles. The zero-order chi connectivity index (χ0) is 26.1. The molecular weight excluding hydrogens is 483 g/mol. The number of likely N-dealkylation sites (N-methyl/N-ethyl adjacent to an activating group) is 1. The number of methoxy groups -OCH3 is 1. The van der Waals surface area contributed by atoms with Crippen molar-refractivity contribution >= 4 is 17.6 Å². The fraction of sp³-hybridized carbons (Fsp3) is 0.720. The Balaban J connectivity index is 2.15. The van der Waals surface area contributed by atoms with Gasteiger partial charge in [0.15, 0.2) is 0 Å². The van der Waals surface area contributed by atoms with Crippen molar-refractivity contribution in [2.45, 2.75) is 63.3 Å². The first-order chi connectivity index (χ1) is 16.5. The van der Waals surface area contributed by atoms with E-state index in [1.54, 1.807) is 37.3 Å². The summed E-state index contributed by atoms with van der Waals surface area (Å²) in [5.74, 6) is -1.77. The number of benzene rings is 1. The molecule has 1 aliphatic rings. The maximum Gasteiger partial charge on any atom is 0.391 e. The van der Waals surface area contributed by atoms with E-state index in [9.17, 15) is 23.1 Å². The van der Waals surface area contributed by atoms with Gasteiger partial charge in [-0.2, -0.15) is 13.2 Å². The third kappa shape index (κ3) is 8.81. The van der Waals surface area contributed by atoms with Gasteiger partial charge < -0.3 is 25.4 Å². The summed E-state index contributed by atoms with van der Waals surface area (Å²) in [6.45, 7) is 2.74. The summed E-state index contributed by atoms with van der Waals surface area (Å²) in [7, 11) is 3.28. The normalized spacial score (nSPS) is 20.2. The van der Waals surface area contributed by atoms with Gasteiger partial charge in [0.25, 0.3) is 0 Å². The predicted octanol–water partition coefficient (Wildman–Crippen LogP) is 4.94. The molecule has 0 saturated carbocycles. The van der Waals surface area contributed by atoms with E-state index in [1.165, 1.54) is 0 Å². The summed E-state index contributed by atoms with van der Waals surface area (Å²) in [4.78, 5) is 14.7. The second kappa shape index (κ2) is 13.7. The molecule has 10 heteroatoms. The minimum absolute atomic E-state index is 0.209. The number of alkyl halides is 3. The fourth-order valence-corrected chi connectivity index (χ4v) is 4.99. The van der Waals surface area contributed by atoms with E-state index in [2.05, 4.69) is 10.6 Å². The highest BCUT2D eigenvalue weighted by Gasteiger charge is 2.42. The number of aliphatic hydroxyl groups is 1. The number of urea groups is 1. The van der Waals surface area contributed by atoms with Crippen LogP contribution in [0, 0.1) is 11.8 Å². The van der Waals surface area contributed by atoms with Crippen molar-refractivity contribution in [3.05, 3.63) is 34.9 Å². The molecule has 1 aliphatic heterocycles. The molecule has 0 radical (unpaired) electrons. The van der Waals surface area contributed by atoms with Crippen molar-refractivity contribution in [3.63, 3.8) is 0 Å². The van der Waals surface area contributed by atoms with Crippen LogP contribution in [0.25, 0.3) is 0 Å². The van der Waals surface area contributed by atoms with Crippen LogP contribution in [-0.4, -0.2) is 68.7 Å². The van der Waals surface area contributed by atoms with Gasteiger partial charge in [-0.05, 0) is 63.3 Å². The molecule has 3 N–H and O–H groups in total. The van der Waals surface area contributed by atoms with Gasteiger partial charge in [0, 0.05) is 50.3 Å². The molecule has 35 heavy (non-hydrogen) atoms. The largest absolute Gasteiger partial charge is 0.391 e. The number of piperidine rings is 1. The van der Waals surface area contributed by atoms with Gasteiger partial charge in [0.05, 0.1) is 11.5 Å². The van der Waals surface area contributed by atoms with Crippen molar-refractivity contribution in [3.8, 4) is 0 Å². The van der Waals surface area contributed by atoms with E-state index in [0.717, 1.165) is 26.2 Å². The Bertz CT molecular complexity index is 799. The number of unbranched alkanes of at least 4 members (excludes halogenated alkanes) is 1. The summed E-state index contributed by atoms with van der Waals surface area (Å²) in [5.41, 5.74) is -0.478. The number of ether oxygens (including phenoxy) is 1. The van der Waals surface area contributed by atoms with Crippen LogP contribution >= 0.6 is 11.6 Å². The number of halogens is 4. The lowest BCUT2D eigenvalue weighted by atomic mass is 9.74. The van der Waals surface area contributed by atoms with Crippen LogP contribution in [0.5, 0.6) is 0 Å². The van der Waals surface area contributed by atoms with E-state index in [4.69, 9.17) is 16.3 Å². The summed E-state index contributed by atoms with van der Waals surface area (Å²) < 4.78 is 44.4. The maximum atomic E-state index is 13.1. The lowest BCUT2D eigenvalue weighted by Crippen LogP contribution is -2.54. The van der Waals surface area contributed by atoms with Gasteiger partial charge in [-0.3, -0.25) is 0 Å². The summed E-state index contributed by atoms with van der Waals surface area (Å²) in [5, 5.41) is 18.1. The monoisotopic (exact) mass is 521 g/mol. The topological polar surface area (TPSA) is 73.8 Å². The highest BCUT2D eigenvalue weighted by Crippen LogP contribution is 2.40. The second-order valence-corrected chi connectivity index (χ2v) is 9.99. The number of hydrogen-bond acceptors (Lipinski definition) is 4. The Hall–Kier alpha value is -1.55. The maximum absolute atomic E-state index is 13.1. The molecule has 2 rings (SSSR count). The van der Waals surface area contributed by atoms with E-state index in [1.807, 2.05) is 6.07 Å². The molecule has 4 atom stereocenters. The summed E-state index contributed by atoms with van der Waals surface area (Å²) >= 11 is 6.22. The second-order valence-electron chi connectivity index (χ2n) is 9.55. The number of nitrogens with zero attached hydrogens (tertiary/aromatic N) is 1. The molecule has 2 amide bonds. The van der Waals surface area contributed by atoms with Gasteiger partial charge in [-0.1, -0.05) is 30.7 Å². The number of rotatable bonds is 12. The van der Waals surface area contributed by atoms with Gasteiger partial charge in [-0.15, -0.1) is 0 Å². The Labute approximate surface area is 211 Å². The molecule has 0 bridgehead atoms. The quantitative estimate of drug-likeness (QED) is 0.341. The first kappa shape index (κ1) is 29.7. The van der Waals surface area contributed by atoms with Crippen LogP contribution in [0.2, 0.25) is 5.02 Å². The lowest BCUT2D eigenvalue weighted by molar-refractivity contribution is -0.172. The zero-order valence-corrected chi connectivity index (χ0v) is 21.6. The molecule has 1 aromatic rings. The number of carbonyl (C=O) groups is 1. The Kier molecular flexibility index (Phi) is 11.6. The van der Waals surface area contributed by atoms with Crippen molar-refractivity contribution in [1.82, 2.24) is 15.5 Å². The Morgan fingerprint density at radius 1 is 1.34 bits per heavy atom. The Morgan fingerprint density at radius 2 is 2.09 bits per heavy atom. The van der Waals surface area contributed by atoms with Gasteiger partial charge in [-0.25, -0.2) is 4.79 Å². The lowest BCUT2D eigenvalue weighted by Gasteiger charge is -2.43. The van der Waals surface area contributed by atoms with Gasteiger partial charge >= 0.3 is 12.2 Å². The first-order valence-corrected chi connectivity index (χ1v) is 12.6. The van der Waals surface area contributed by atoms with Crippen LogP contribution in [-0.2, 0) is 10.3 Å². The number of likely N-dealkylation sites (tertiary alicyclic amines) is 1. The molecule has 0 spiro atoms. The van der Waals surface area contributed by atoms with Crippen molar-refractivity contribution in [2.75, 3.05) is 40.4 Å². The highest BCUT2D eigenvalue weighted by molar-refractivity contribution is 6.30. The van der Waals surface area contributed by atoms with Crippen molar-refractivity contribution < 1.29 is 27.8 Å². The Morgan fingerprint density at radius 3 is 2.71 bits per heavy atom. The minimum atomic E-state index is -4.32. The molecular formula is C25H39ClF3N3O3.